The Kier molecular flexibility index (Phi) is 4.95. The van der Waals surface area contributed by atoms with Crippen LogP contribution >= 0.6 is 0 Å². The van der Waals surface area contributed by atoms with Crippen LogP contribution in [0.3, 0.4) is 0 Å². The standard InChI is InChI=1S/C13H26N2O2/c1-10-8-11(6-7-15(10)5)14-9-12(16)17-13(2,3)4/h10-11,14H,6-9H2,1-5H3. The van der Waals surface area contributed by atoms with Crippen LogP contribution in [0.1, 0.15) is 40.5 Å². The summed E-state index contributed by atoms with van der Waals surface area (Å²) < 4.78 is 5.26. The van der Waals surface area contributed by atoms with Gasteiger partial charge in [-0.2, -0.15) is 0 Å². The van der Waals surface area contributed by atoms with E-state index in [2.05, 4.69) is 24.2 Å². The fourth-order valence-corrected chi connectivity index (χ4v) is 2.08. The number of hydrogen-bond acceptors (Lipinski definition) is 4. The molecular formula is C13H26N2O2. The van der Waals surface area contributed by atoms with E-state index in [4.69, 9.17) is 4.74 Å². The molecule has 0 spiro atoms. The van der Waals surface area contributed by atoms with Crippen LogP contribution in [-0.4, -0.2) is 48.7 Å². The van der Waals surface area contributed by atoms with Crippen molar-refractivity contribution >= 4 is 5.97 Å². The largest absolute Gasteiger partial charge is 0.459 e. The number of piperidine rings is 1. The molecule has 1 saturated heterocycles. The van der Waals surface area contributed by atoms with Gasteiger partial charge in [0.05, 0.1) is 6.54 Å². The van der Waals surface area contributed by atoms with E-state index in [9.17, 15) is 4.79 Å². The highest BCUT2D eigenvalue weighted by molar-refractivity contribution is 5.72. The first-order valence-corrected chi connectivity index (χ1v) is 6.43. The molecule has 0 aromatic rings. The lowest BCUT2D eigenvalue weighted by atomic mass is 9.99. The zero-order chi connectivity index (χ0) is 13.1. The van der Waals surface area contributed by atoms with Gasteiger partial charge in [-0.15, -0.1) is 0 Å². The van der Waals surface area contributed by atoms with Crippen molar-refractivity contribution in [1.82, 2.24) is 10.2 Å². The van der Waals surface area contributed by atoms with Gasteiger partial charge >= 0.3 is 5.97 Å². The number of likely N-dealkylation sites (tertiary alicyclic amines) is 1. The summed E-state index contributed by atoms with van der Waals surface area (Å²) >= 11 is 0. The Morgan fingerprint density at radius 3 is 2.65 bits per heavy atom. The van der Waals surface area contributed by atoms with E-state index in [1.165, 1.54) is 0 Å². The molecule has 1 rings (SSSR count). The molecule has 0 aromatic heterocycles. The zero-order valence-electron chi connectivity index (χ0n) is 11.7. The van der Waals surface area contributed by atoms with E-state index in [0.717, 1.165) is 19.4 Å². The second-order valence-corrected chi connectivity index (χ2v) is 6.02. The average Bonchev–Trinajstić information content (AvgIpc) is 2.17. The van der Waals surface area contributed by atoms with Gasteiger partial charge in [0.1, 0.15) is 5.60 Å². The van der Waals surface area contributed by atoms with Crippen LogP contribution in [-0.2, 0) is 9.53 Å². The van der Waals surface area contributed by atoms with Crippen LogP contribution in [0.5, 0.6) is 0 Å². The highest BCUT2D eigenvalue weighted by Crippen LogP contribution is 2.15. The Balaban J connectivity index is 2.25. The predicted octanol–water partition coefficient (Wildman–Crippen LogP) is 1.40. The summed E-state index contributed by atoms with van der Waals surface area (Å²) in [6.45, 7) is 9.31. The number of carbonyl (C=O) groups is 1. The third-order valence-electron chi connectivity index (χ3n) is 3.16. The smallest absolute Gasteiger partial charge is 0.320 e. The molecule has 0 saturated carbocycles. The van der Waals surface area contributed by atoms with Crippen molar-refractivity contribution in [1.29, 1.82) is 0 Å². The summed E-state index contributed by atoms with van der Waals surface area (Å²) in [6.07, 6.45) is 2.20. The monoisotopic (exact) mass is 242 g/mol. The van der Waals surface area contributed by atoms with E-state index in [-0.39, 0.29) is 5.97 Å². The number of hydrogen-bond donors (Lipinski definition) is 1. The van der Waals surface area contributed by atoms with Crippen molar-refractivity contribution in [3.8, 4) is 0 Å². The topological polar surface area (TPSA) is 41.6 Å². The number of carbonyl (C=O) groups excluding carboxylic acids is 1. The predicted molar refractivity (Wildman–Crippen MR) is 69.0 cm³/mol. The Bertz CT molecular complexity index is 261. The first-order valence-electron chi connectivity index (χ1n) is 6.43. The van der Waals surface area contributed by atoms with E-state index in [1.54, 1.807) is 0 Å². The first kappa shape index (κ1) is 14.5. The van der Waals surface area contributed by atoms with Gasteiger partial charge in [0.25, 0.3) is 0 Å². The normalized spacial score (nSPS) is 26.9. The van der Waals surface area contributed by atoms with E-state index in [0.29, 0.717) is 18.6 Å². The molecule has 0 aliphatic carbocycles. The third kappa shape index (κ3) is 5.50. The fraction of sp³-hybridized carbons (Fsp3) is 0.923. The summed E-state index contributed by atoms with van der Waals surface area (Å²) in [4.78, 5) is 13.9. The van der Waals surface area contributed by atoms with Gasteiger partial charge < -0.3 is 15.0 Å². The maximum atomic E-state index is 11.6. The lowest BCUT2D eigenvalue weighted by Crippen LogP contribution is -2.47. The quantitative estimate of drug-likeness (QED) is 0.760. The molecule has 1 aliphatic rings. The molecule has 2 unspecified atom stereocenters. The summed E-state index contributed by atoms with van der Waals surface area (Å²) in [5, 5.41) is 3.29. The van der Waals surface area contributed by atoms with Crippen molar-refractivity contribution in [3.63, 3.8) is 0 Å². The second kappa shape index (κ2) is 5.83. The number of ether oxygens (including phenoxy) is 1. The molecule has 2 atom stereocenters. The van der Waals surface area contributed by atoms with Gasteiger partial charge in [0.15, 0.2) is 0 Å². The van der Waals surface area contributed by atoms with E-state index >= 15 is 0 Å². The lowest BCUT2D eigenvalue weighted by Gasteiger charge is -2.35. The minimum atomic E-state index is -0.390. The average molecular weight is 242 g/mol. The molecule has 0 radical (unpaired) electrons. The summed E-state index contributed by atoms with van der Waals surface area (Å²) in [5.41, 5.74) is -0.390. The molecule has 100 valence electrons. The molecule has 17 heavy (non-hydrogen) atoms. The minimum absolute atomic E-state index is 0.163. The van der Waals surface area contributed by atoms with E-state index in [1.807, 2.05) is 20.8 Å². The van der Waals surface area contributed by atoms with Gasteiger partial charge in [0.2, 0.25) is 0 Å². The van der Waals surface area contributed by atoms with Crippen molar-refractivity contribution in [2.45, 2.75) is 58.2 Å². The molecule has 0 aromatic carbocycles. The minimum Gasteiger partial charge on any atom is -0.459 e. The van der Waals surface area contributed by atoms with Crippen LogP contribution in [0.2, 0.25) is 0 Å². The summed E-state index contributed by atoms with van der Waals surface area (Å²) in [5.74, 6) is -0.163. The van der Waals surface area contributed by atoms with Crippen LogP contribution in [0.4, 0.5) is 0 Å². The molecule has 4 heteroatoms. The number of esters is 1. The molecule has 0 bridgehead atoms. The van der Waals surface area contributed by atoms with E-state index < -0.39 is 5.60 Å². The summed E-state index contributed by atoms with van der Waals surface area (Å²) in [6, 6.07) is 1.02. The number of nitrogens with zero attached hydrogens (tertiary/aromatic N) is 1. The van der Waals surface area contributed by atoms with Crippen molar-refractivity contribution in [2.24, 2.45) is 0 Å². The van der Waals surface area contributed by atoms with Gasteiger partial charge in [-0.25, -0.2) is 0 Å². The molecule has 1 aliphatic heterocycles. The van der Waals surface area contributed by atoms with Crippen LogP contribution in [0, 0.1) is 0 Å². The van der Waals surface area contributed by atoms with Gasteiger partial charge in [0, 0.05) is 12.1 Å². The second-order valence-electron chi connectivity index (χ2n) is 6.02. The Morgan fingerprint density at radius 1 is 1.47 bits per heavy atom. The lowest BCUT2D eigenvalue weighted by molar-refractivity contribution is -0.153. The van der Waals surface area contributed by atoms with Crippen LogP contribution < -0.4 is 5.32 Å². The van der Waals surface area contributed by atoms with Gasteiger partial charge in [-0.1, -0.05) is 0 Å². The molecule has 0 amide bonds. The maximum Gasteiger partial charge on any atom is 0.320 e. The number of rotatable bonds is 3. The van der Waals surface area contributed by atoms with Crippen molar-refractivity contribution in [2.75, 3.05) is 20.1 Å². The van der Waals surface area contributed by atoms with Crippen molar-refractivity contribution in [3.05, 3.63) is 0 Å². The highest BCUT2D eigenvalue weighted by Gasteiger charge is 2.23. The summed E-state index contributed by atoms with van der Waals surface area (Å²) in [7, 11) is 2.15. The molecule has 1 fully saturated rings. The first-order chi connectivity index (χ1) is 7.78. The van der Waals surface area contributed by atoms with Gasteiger partial charge in [-0.05, 0) is 54.1 Å². The fourth-order valence-electron chi connectivity index (χ4n) is 2.08. The van der Waals surface area contributed by atoms with Crippen LogP contribution in [0.15, 0.2) is 0 Å². The zero-order valence-corrected chi connectivity index (χ0v) is 11.7. The molecule has 1 heterocycles. The van der Waals surface area contributed by atoms with Gasteiger partial charge in [-0.3, -0.25) is 4.79 Å². The number of nitrogens with one attached hydrogen (secondary N) is 1. The van der Waals surface area contributed by atoms with Crippen LogP contribution in [0.25, 0.3) is 0 Å². The third-order valence-corrected chi connectivity index (χ3v) is 3.16. The Hall–Kier alpha value is -0.610. The Morgan fingerprint density at radius 2 is 2.12 bits per heavy atom. The Labute approximate surface area is 105 Å². The molecule has 1 N–H and O–H groups in total. The molecule has 4 nitrogen and oxygen atoms in total. The maximum absolute atomic E-state index is 11.6. The van der Waals surface area contributed by atoms with Crippen molar-refractivity contribution < 1.29 is 9.53 Å². The SMILES string of the molecule is CC1CC(NCC(=O)OC(C)(C)C)CCN1C. The highest BCUT2D eigenvalue weighted by atomic mass is 16.6. The molecular weight excluding hydrogens is 216 g/mol.